The Labute approximate surface area is 156 Å². The maximum atomic E-state index is 12.2. The van der Waals surface area contributed by atoms with E-state index in [1.54, 1.807) is 43.3 Å². The summed E-state index contributed by atoms with van der Waals surface area (Å²) in [5.41, 5.74) is 2.86. The summed E-state index contributed by atoms with van der Waals surface area (Å²) in [6, 6.07) is 4.66. The van der Waals surface area contributed by atoms with E-state index >= 15 is 0 Å². The van der Waals surface area contributed by atoms with Gasteiger partial charge in [0.1, 0.15) is 17.8 Å². The Bertz CT molecular complexity index is 930. The molecule has 0 saturated heterocycles. The van der Waals surface area contributed by atoms with Gasteiger partial charge in [0, 0.05) is 29.6 Å². The highest BCUT2D eigenvalue weighted by Gasteiger charge is 2.09. The van der Waals surface area contributed by atoms with Gasteiger partial charge < -0.3 is 20.1 Å². The molecule has 140 valence electrons. The van der Waals surface area contributed by atoms with Gasteiger partial charge in [-0.2, -0.15) is 0 Å². The van der Waals surface area contributed by atoms with Gasteiger partial charge in [-0.05, 0) is 13.8 Å². The molecule has 0 saturated carbocycles. The second kappa shape index (κ2) is 7.73. The number of urea groups is 1. The van der Waals surface area contributed by atoms with Gasteiger partial charge in [0.25, 0.3) is 0 Å². The van der Waals surface area contributed by atoms with Crippen molar-refractivity contribution in [2.45, 2.75) is 13.8 Å². The number of aromatic nitrogens is 4. The molecule has 0 aliphatic rings. The number of nitrogens with zero attached hydrogens (tertiary/aromatic N) is 4. The monoisotopic (exact) mass is 368 g/mol. The van der Waals surface area contributed by atoms with E-state index in [0.29, 0.717) is 28.8 Å². The highest BCUT2D eigenvalue weighted by Crippen LogP contribution is 2.25. The molecule has 2 aromatic heterocycles. The second-order valence-electron chi connectivity index (χ2n) is 5.74. The van der Waals surface area contributed by atoms with E-state index in [1.807, 2.05) is 13.8 Å². The summed E-state index contributed by atoms with van der Waals surface area (Å²) in [7, 11) is 3.09. The zero-order valence-corrected chi connectivity index (χ0v) is 15.5. The zero-order valence-electron chi connectivity index (χ0n) is 15.5. The number of methoxy groups -OCH3 is 2. The van der Waals surface area contributed by atoms with Crippen LogP contribution in [0.4, 0.5) is 16.2 Å². The Hall–Kier alpha value is -3.62. The number of benzene rings is 1. The molecule has 27 heavy (non-hydrogen) atoms. The standard InChI is InChI=1S/C18H20N6O3/c1-11-12(2)24(10-21-11)17-19-8-14(9-20-17)23-18(25)22-13-5-15(26-3)7-16(6-13)27-4/h5-10H,1-4H3,(H2,22,23,25). The van der Waals surface area contributed by atoms with Crippen molar-refractivity contribution in [1.82, 2.24) is 19.5 Å². The van der Waals surface area contributed by atoms with Crippen LogP contribution in [0.15, 0.2) is 36.9 Å². The van der Waals surface area contributed by atoms with Crippen molar-refractivity contribution < 1.29 is 14.3 Å². The van der Waals surface area contributed by atoms with Gasteiger partial charge in [-0.1, -0.05) is 0 Å². The van der Waals surface area contributed by atoms with Gasteiger partial charge in [0.05, 0.1) is 38.0 Å². The average Bonchev–Trinajstić information content (AvgIpc) is 3.00. The molecular weight excluding hydrogens is 348 g/mol. The molecule has 2 N–H and O–H groups in total. The lowest BCUT2D eigenvalue weighted by Crippen LogP contribution is -2.20. The number of carbonyl (C=O) groups excluding carboxylic acids is 1. The molecule has 0 fully saturated rings. The normalized spacial score (nSPS) is 10.4. The predicted molar refractivity (Wildman–Crippen MR) is 101 cm³/mol. The highest BCUT2D eigenvalue weighted by atomic mass is 16.5. The van der Waals surface area contributed by atoms with E-state index in [1.165, 1.54) is 12.4 Å². The van der Waals surface area contributed by atoms with Crippen LogP contribution in [0, 0.1) is 13.8 Å². The number of amides is 2. The fourth-order valence-corrected chi connectivity index (χ4v) is 2.38. The van der Waals surface area contributed by atoms with E-state index in [2.05, 4.69) is 25.6 Å². The molecule has 0 bridgehead atoms. The van der Waals surface area contributed by atoms with Crippen molar-refractivity contribution in [1.29, 1.82) is 0 Å². The minimum atomic E-state index is -0.434. The van der Waals surface area contributed by atoms with Crippen molar-refractivity contribution in [2.24, 2.45) is 0 Å². The first-order valence-electron chi connectivity index (χ1n) is 8.14. The molecule has 1 aromatic carbocycles. The molecule has 0 atom stereocenters. The lowest BCUT2D eigenvalue weighted by molar-refractivity contribution is 0.262. The van der Waals surface area contributed by atoms with Gasteiger partial charge in [-0.15, -0.1) is 0 Å². The van der Waals surface area contributed by atoms with Crippen molar-refractivity contribution in [3.05, 3.63) is 48.3 Å². The minimum absolute atomic E-state index is 0.434. The number of imidazole rings is 1. The second-order valence-corrected chi connectivity index (χ2v) is 5.74. The number of aryl methyl sites for hydroxylation is 1. The zero-order chi connectivity index (χ0) is 19.4. The maximum absolute atomic E-state index is 12.2. The van der Waals surface area contributed by atoms with Crippen LogP contribution in [-0.4, -0.2) is 39.8 Å². The van der Waals surface area contributed by atoms with Crippen LogP contribution < -0.4 is 20.1 Å². The summed E-state index contributed by atoms with van der Waals surface area (Å²) in [4.78, 5) is 25.0. The van der Waals surface area contributed by atoms with Gasteiger partial charge >= 0.3 is 6.03 Å². The van der Waals surface area contributed by atoms with Crippen molar-refractivity contribution in [3.63, 3.8) is 0 Å². The van der Waals surface area contributed by atoms with Crippen LogP contribution in [0.5, 0.6) is 11.5 Å². The summed E-state index contributed by atoms with van der Waals surface area (Å²) in [5, 5.41) is 5.40. The van der Waals surface area contributed by atoms with Gasteiger partial charge in [-0.25, -0.2) is 19.7 Å². The van der Waals surface area contributed by atoms with Crippen LogP contribution in [-0.2, 0) is 0 Å². The number of hydrogen-bond acceptors (Lipinski definition) is 6. The van der Waals surface area contributed by atoms with E-state index < -0.39 is 6.03 Å². The Balaban J connectivity index is 1.69. The molecule has 9 nitrogen and oxygen atoms in total. The summed E-state index contributed by atoms with van der Waals surface area (Å²) >= 11 is 0. The summed E-state index contributed by atoms with van der Waals surface area (Å²) in [6.07, 6.45) is 4.72. The maximum Gasteiger partial charge on any atom is 0.323 e. The van der Waals surface area contributed by atoms with Gasteiger partial charge in [0.2, 0.25) is 5.95 Å². The van der Waals surface area contributed by atoms with Crippen molar-refractivity contribution in [3.8, 4) is 17.4 Å². The first-order chi connectivity index (χ1) is 13.0. The Morgan fingerprint density at radius 2 is 1.52 bits per heavy atom. The Kier molecular flexibility index (Phi) is 5.20. The number of rotatable bonds is 5. The number of nitrogens with one attached hydrogen (secondary N) is 2. The molecule has 0 aliphatic carbocycles. The molecule has 3 aromatic rings. The predicted octanol–water partition coefficient (Wildman–Crippen LogP) is 2.94. The first-order valence-corrected chi connectivity index (χ1v) is 8.14. The average molecular weight is 368 g/mol. The topological polar surface area (TPSA) is 103 Å². The third kappa shape index (κ3) is 4.14. The molecular formula is C18H20N6O3. The van der Waals surface area contributed by atoms with Crippen LogP contribution in [0.1, 0.15) is 11.4 Å². The summed E-state index contributed by atoms with van der Waals surface area (Å²) in [6.45, 7) is 3.85. The summed E-state index contributed by atoms with van der Waals surface area (Å²) in [5.74, 6) is 1.63. The van der Waals surface area contributed by atoms with E-state index in [4.69, 9.17) is 9.47 Å². The van der Waals surface area contributed by atoms with Crippen molar-refractivity contribution in [2.75, 3.05) is 24.9 Å². The molecule has 2 heterocycles. The lowest BCUT2D eigenvalue weighted by Gasteiger charge is -2.11. The highest BCUT2D eigenvalue weighted by molar-refractivity contribution is 5.99. The Morgan fingerprint density at radius 1 is 0.926 bits per heavy atom. The SMILES string of the molecule is COc1cc(NC(=O)Nc2cnc(-n3cnc(C)c3C)nc2)cc(OC)c1. The number of hydrogen-bond donors (Lipinski definition) is 2. The number of ether oxygens (including phenoxy) is 2. The summed E-state index contributed by atoms with van der Waals surface area (Å²) < 4.78 is 12.1. The quantitative estimate of drug-likeness (QED) is 0.718. The molecule has 3 rings (SSSR count). The van der Waals surface area contributed by atoms with Crippen LogP contribution in [0.2, 0.25) is 0 Å². The third-order valence-corrected chi connectivity index (χ3v) is 3.97. The van der Waals surface area contributed by atoms with E-state index in [9.17, 15) is 4.79 Å². The van der Waals surface area contributed by atoms with E-state index in [-0.39, 0.29) is 0 Å². The fourth-order valence-electron chi connectivity index (χ4n) is 2.38. The van der Waals surface area contributed by atoms with Crippen molar-refractivity contribution >= 4 is 17.4 Å². The minimum Gasteiger partial charge on any atom is -0.497 e. The first kappa shape index (κ1) is 18.2. The molecule has 0 aliphatic heterocycles. The lowest BCUT2D eigenvalue weighted by atomic mass is 10.3. The third-order valence-electron chi connectivity index (χ3n) is 3.97. The van der Waals surface area contributed by atoms with Gasteiger partial charge in [-0.3, -0.25) is 4.57 Å². The van der Waals surface area contributed by atoms with Crippen LogP contribution in [0.25, 0.3) is 5.95 Å². The van der Waals surface area contributed by atoms with E-state index in [0.717, 1.165) is 11.4 Å². The molecule has 0 radical (unpaired) electrons. The van der Waals surface area contributed by atoms with Gasteiger partial charge in [0.15, 0.2) is 0 Å². The van der Waals surface area contributed by atoms with Crippen LogP contribution >= 0.6 is 0 Å². The Morgan fingerprint density at radius 3 is 2.04 bits per heavy atom. The molecule has 9 heteroatoms. The molecule has 0 spiro atoms. The molecule has 2 amide bonds. The van der Waals surface area contributed by atoms with Crippen LogP contribution in [0.3, 0.4) is 0 Å². The number of anilines is 2. The number of carbonyl (C=O) groups is 1. The smallest absolute Gasteiger partial charge is 0.323 e. The largest absolute Gasteiger partial charge is 0.497 e. The molecule has 0 unspecified atom stereocenters. The fraction of sp³-hybridized carbons (Fsp3) is 0.222.